The second kappa shape index (κ2) is 5.34. The number of carbonyl (C=O) groups excluding carboxylic acids is 1. The smallest absolute Gasteiger partial charge is 0.134 e. The Hall–Kier alpha value is -1.35. The van der Waals surface area contributed by atoms with Crippen molar-refractivity contribution in [3.63, 3.8) is 0 Å². The Balaban J connectivity index is 1.89. The monoisotopic (exact) mass is 313 g/mol. The predicted molar refractivity (Wildman–Crippen MR) is 90.7 cm³/mol. The zero-order chi connectivity index (χ0) is 16.2. The van der Waals surface area contributed by atoms with Crippen molar-refractivity contribution in [1.82, 2.24) is 4.90 Å². The van der Waals surface area contributed by atoms with Crippen LogP contribution in [-0.4, -0.2) is 35.4 Å². The molecule has 1 heterocycles. The molecule has 1 aromatic carbocycles. The largest absolute Gasteiger partial charge is 0.508 e. The van der Waals surface area contributed by atoms with Crippen LogP contribution in [0.5, 0.6) is 5.75 Å². The van der Waals surface area contributed by atoms with Crippen LogP contribution in [0, 0.1) is 11.8 Å². The minimum Gasteiger partial charge on any atom is -0.508 e. The summed E-state index contributed by atoms with van der Waals surface area (Å²) in [4.78, 5) is 15.1. The van der Waals surface area contributed by atoms with Crippen molar-refractivity contribution in [2.75, 3.05) is 13.6 Å². The fraction of sp³-hybridized carbons (Fsp3) is 0.650. The van der Waals surface area contributed by atoms with Gasteiger partial charge in [-0.1, -0.05) is 19.4 Å². The van der Waals surface area contributed by atoms with Gasteiger partial charge in [0.1, 0.15) is 11.5 Å². The molecule has 0 spiro atoms. The Kier molecular flexibility index (Phi) is 3.53. The zero-order valence-corrected chi connectivity index (χ0v) is 14.2. The topological polar surface area (TPSA) is 40.5 Å². The lowest BCUT2D eigenvalue weighted by atomic mass is 9.49. The third-order valence-corrected chi connectivity index (χ3v) is 6.76. The van der Waals surface area contributed by atoms with Gasteiger partial charge in [0.05, 0.1) is 0 Å². The van der Waals surface area contributed by atoms with Crippen LogP contribution in [0.15, 0.2) is 18.2 Å². The number of fused-ring (bicyclic) bond motifs is 1. The molecule has 1 aromatic rings. The Labute approximate surface area is 138 Å². The number of hydrogen-bond acceptors (Lipinski definition) is 3. The van der Waals surface area contributed by atoms with Crippen molar-refractivity contribution in [3.05, 3.63) is 29.3 Å². The third kappa shape index (κ3) is 2.16. The fourth-order valence-corrected chi connectivity index (χ4v) is 5.94. The highest BCUT2D eigenvalue weighted by molar-refractivity contribution is 5.82. The summed E-state index contributed by atoms with van der Waals surface area (Å²) in [5.74, 6) is 1.84. The summed E-state index contributed by atoms with van der Waals surface area (Å²) in [6, 6.07) is 6.40. The molecule has 1 aliphatic heterocycles. The Morgan fingerprint density at radius 3 is 2.96 bits per heavy atom. The summed E-state index contributed by atoms with van der Waals surface area (Å²) in [7, 11) is 2.25. The van der Waals surface area contributed by atoms with E-state index in [1.807, 2.05) is 6.07 Å². The van der Waals surface area contributed by atoms with E-state index in [1.165, 1.54) is 11.1 Å². The molecule has 2 bridgehead atoms. The number of phenols is 1. The number of aromatic hydroxyl groups is 1. The van der Waals surface area contributed by atoms with Crippen LogP contribution in [-0.2, 0) is 16.6 Å². The lowest BCUT2D eigenvalue weighted by molar-refractivity contribution is -0.131. The van der Waals surface area contributed by atoms with Crippen LogP contribution in [0.2, 0.25) is 0 Å². The lowest BCUT2D eigenvalue weighted by Gasteiger charge is -2.60. The van der Waals surface area contributed by atoms with Gasteiger partial charge in [-0.25, -0.2) is 0 Å². The molecule has 1 saturated heterocycles. The Bertz CT molecular complexity index is 641. The molecule has 2 fully saturated rings. The van der Waals surface area contributed by atoms with Crippen LogP contribution in [0.3, 0.4) is 0 Å². The molecule has 0 radical (unpaired) electrons. The molecular formula is C20H27NO2. The number of rotatable bonds is 2. The molecule has 1 saturated carbocycles. The second-order valence-electron chi connectivity index (χ2n) is 7.99. The van der Waals surface area contributed by atoms with E-state index >= 15 is 0 Å². The van der Waals surface area contributed by atoms with Crippen LogP contribution in [0.4, 0.5) is 0 Å². The first kappa shape index (κ1) is 15.2. The van der Waals surface area contributed by atoms with E-state index in [1.54, 1.807) is 6.07 Å². The van der Waals surface area contributed by atoms with Crippen molar-refractivity contribution in [3.8, 4) is 5.75 Å². The van der Waals surface area contributed by atoms with E-state index in [0.717, 1.165) is 38.6 Å². The summed E-state index contributed by atoms with van der Waals surface area (Å²) >= 11 is 0. The molecule has 4 atom stereocenters. The maximum Gasteiger partial charge on any atom is 0.134 e. The Morgan fingerprint density at radius 2 is 2.17 bits per heavy atom. The van der Waals surface area contributed by atoms with Gasteiger partial charge in [0.15, 0.2) is 0 Å². The molecule has 3 aliphatic rings. The van der Waals surface area contributed by atoms with E-state index in [-0.39, 0.29) is 5.41 Å². The maximum atomic E-state index is 12.6. The zero-order valence-electron chi connectivity index (χ0n) is 14.2. The molecule has 0 aromatic heterocycles. The normalized spacial score (nSPS) is 36.4. The second-order valence-corrected chi connectivity index (χ2v) is 7.99. The highest BCUT2D eigenvalue weighted by atomic mass is 16.3. The van der Waals surface area contributed by atoms with Gasteiger partial charge in [0.25, 0.3) is 0 Å². The van der Waals surface area contributed by atoms with Gasteiger partial charge in [-0.05, 0) is 68.0 Å². The molecule has 0 unspecified atom stereocenters. The van der Waals surface area contributed by atoms with Gasteiger partial charge >= 0.3 is 0 Å². The predicted octanol–water partition coefficient (Wildman–Crippen LogP) is 3.29. The average Bonchev–Trinajstić information content (AvgIpc) is 2.51. The number of benzene rings is 1. The number of Topliss-reactive ketones (excluding diaryl/α,β-unsaturated/α-hetero) is 1. The molecule has 124 valence electrons. The summed E-state index contributed by atoms with van der Waals surface area (Å²) in [5.41, 5.74) is 2.60. The van der Waals surface area contributed by atoms with Crippen LogP contribution >= 0.6 is 0 Å². The average molecular weight is 313 g/mol. The van der Waals surface area contributed by atoms with Crippen molar-refractivity contribution < 1.29 is 9.90 Å². The van der Waals surface area contributed by atoms with Crippen LogP contribution < -0.4 is 0 Å². The highest BCUT2D eigenvalue weighted by Crippen LogP contribution is 2.57. The first-order valence-electron chi connectivity index (χ1n) is 9.09. The number of ketones is 1. The molecule has 1 N–H and O–H groups in total. The fourth-order valence-electron chi connectivity index (χ4n) is 5.94. The number of likely N-dealkylation sites (N-methyl/N-ethyl adjacent to an activating group) is 1. The van der Waals surface area contributed by atoms with Crippen LogP contribution in [0.1, 0.15) is 50.2 Å². The quantitative estimate of drug-likeness (QED) is 0.911. The summed E-state index contributed by atoms with van der Waals surface area (Å²) in [5, 5.41) is 10.1. The van der Waals surface area contributed by atoms with E-state index in [0.29, 0.717) is 35.8 Å². The molecule has 3 nitrogen and oxygen atoms in total. The number of carbonyl (C=O) groups is 1. The number of hydrogen-bond donors (Lipinski definition) is 1. The first-order valence-corrected chi connectivity index (χ1v) is 9.09. The van der Waals surface area contributed by atoms with Gasteiger partial charge in [-0.3, -0.25) is 4.79 Å². The van der Waals surface area contributed by atoms with Crippen molar-refractivity contribution in [2.45, 2.75) is 56.9 Å². The standard InChI is InChI=1S/C20H27NO2/c1-3-4-14-9-16(23)12-20-7-8-21(2)18(19(14)20)10-13-5-6-15(22)11-17(13)20/h5-6,11,14,18-19,22H,3-4,7-10,12H2,1-2H3/t14-,18+,19-,20+/m0/s1. The van der Waals surface area contributed by atoms with Gasteiger partial charge in [0.2, 0.25) is 0 Å². The summed E-state index contributed by atoms with van der Waals surface area (Å²) < 4.78 is 0. The van der Waals surface area contributed by atoms with Crippen molar-refractivity contribution in [1.29, 1.82) is 0 Å². The third-order valence-electron chi connectivity index (χ3n) is 6.76. The maximum absolute atomic E-state index is 12.6. The van der Waals surface area contributed by atoms with E-state index in [2.05, 4.69) is 24.9 Å². The minimum absolute atomic E-state index is 0.0291. The van der Waals surface area contributed by atoms with Gasteiger partial charge in [0, 0.05) is 24.3 Å². The van der Waals surface area contributed by atoms with Crippen LogP contribution in [0.25, 0.3) is 0 Å². The number of phenolic OH excluding ortho intramolecular Hbond substituents is 1. The van der Waals surface area contributed by atoms with Gasteiger partial charge in [-0.15, -0.1) is 0 Å². The number of nitrogens with zero attached hydrogens (tertiary/aromatic N) is 1. The van der Waals surface area contributed by atoms with E-state index < -0.39 is 0 Å². The molecule has 4 rings (SSSR count). The lowest BCUT2D eigenvalue weighted by Crippen LogP contribution is -2.63. The van der Waals surface area contributed by atoms with Gasteiger partial charge < -0.3 is 10.0 Å². The number of likely N-dealkylation sites (tertiary alicyclic amines) is 1. The molecule has 2 aliphatic carbocycles. The van der Waals surface area contributed by atoms with E-state index in [9.17, 15) is 9.90 Å². The highest BCUT2D eigenvalue weighted by Gasteiger charge is 2.57. The Morgan fingerprint density at radius 1 is 1.35 bits per heavy atom. The number of piperidine rings is 1. The first-order chi connectivity index (χ1) is 11.0. The SMILES string of the molecule is CCC[C@H]1CC(=O)C[C@]23CCN(C)[C@H](Cc4ccc(O)cc42)[C@H]13. The van der Waals surface area contributed by atoms with Crippen molar-refractivity contribution in [2.24, 2.45) is 11.8 Å². The van der Waals surface area contributed by atoms with Gasteiger partial charge in [-0.2, -0.15) is 0 Å². The molecular weight excluding hydrogens is 286 g/mol. The van der Waals surface area contributed by atoms with Crippen molar-refractivity contribution >= 4 is 5.78 Å². The molecule has 3 heteroatoms. The molecule has 23 heavy (non-hydrogen) atoms. The molecule has 0 amide bonds. The minimum atomic E-state index is -0.0291. The van der Waals surface area contributed by atoms with E-state index in [4.69, 9.17) is 0 Å². The summed E-state index contributed by atoms with van der Waals surface area (Å²) in [6.07, 6.45) is 5.85. The summed E-state index contributed by atoms with van der Waals surface area (Å²) in [6.45, 7) is 3.29.